The third kappa shape index (κ3) is 3.63. The van der Waals surface area contributed by atoms with E-state index in [1.165, 1.54) is 38.5 Å². The van der Waals surface area contributed by atoms with Gasteiger partial charge in [0.25, 0.3) is 0 Å². The fraction of sp³-hybridized carbons (Fsp3) is 1.00. The number of aliphatic hydroxyl groups excluding tert-OH is 1. The van der Waals surface area contributed by atoms with E-state index < -0.39 is 0 Å². The second kappa shape index (κ2) is 6.35. The molecule has 78 valence electrons. The first kappa shape index (κ1) is 11.0. The van der Waals surface area contributed by atoms with Gasteiger partial charge in [0.05, 0.1) is 6.61 Å². The highest BCUT2D eigenvalue weighted by atomic mass is 16.6. The molecule has 0 amide bonds. The minimum Gasteiger partial charge on any atom is -0.396 e. The molecule has 1 saturated carbocycles. The van der Waals surface area contributed by atoms with Crippen LogP contribution in [0.4, 0.5) is 0 Å². The van der Waals surface area contributed by atoms with Crippen molar-refractivity contribution in [3.8, 4) is 0 Å². The van der Waals surface area contributed by atoms with Crippen molar-refractivity contribution in [2.75, 3.05) is 13.2 Å². The molecule has 0 aromatic rings. The number of hydrogen-bond acceptors (Lipinski definition) is 3. The van der Waals surface area contributed by atoms with Crippen LogP contribution >= 0.6 is 0 Å². The van der Waals surface area contributed by atoms with Crippen LogP contribution in [0.5, 0.6) is 0 Å². The van der Waals surface area contributed by atoms with Gasteiger partial charge in [0.1, 0.15) is 0 Å². The predicted molar refractivity (Wildman–Crippen MR) is 51.9 cm³/mol. The first-order valence-electron chi connectivity index (χ1n) is 5.31. The van der Waals surface area contributed by atoms with Gasteiger partial charge in [-0.3, -0.25) is 0 Å². The Kier molecular flexibility index (Phi) is 5.35. The van der Waals surface area contributed by atoms with Crippen LogP contribution in [-0.2, 0) is 4.84 Å². The first-order valence-corrected chi connectivity index (χ1v) is 5.31. The molecule has 1 unspecified atom stereocenters. The van der Waals surface area contributed by atoms with Crippen molar-refractivity contribution in [3.63, 3.8) is 0 Å². The molecular formula is C10H21NO2. The maximum Gasteiger partial charge on any atom is 0.0731 e. The van der Waals surface area contributed by atoms with E-state index in [1.807, 2.05) is 0 Å². The molecule has 0 aliphatic heterocycles. The normalized spacial score (nSPS) is 22.6. The lowest BCUT2D eigenvalue weighted by Gasteiger charge is -2.22. The van der Waals surface area contributed by atoms with E-state index in [0.29, 0.717) is 12.5 Å². The zero-order chi connectivity index (χ0) is 9.52. The molecule has 0 aromatic heterocycles. The van der Waals surface area contributed by atoms with Gasteiger partial charge in [0.2, 0.25) is 0 Å². The predicted octanol–water partition coefficient (Wildman–Crippen LogP) is 1.46. The molecule has 0 aromatic carbocycles. The Labute approximate surface area is 80.2 Å². The van der Waals surface area contributed by atoms with E-state index in [0.717, 1.165) is 0 Å². The second-order valence-corrected chi connectivity index (χ2v) is 4.03. The summed E-state index contributed by atoms with van der Waals surface area (Å²) in [7, 11) is 0. The number of nitrogens with two attached hydrogens (primary N) is 1. The van der Waals surface area contributed by atoms with Gasteiger partial charge in [0, 0.05) is 12.5 Å². The summed E-state index contributed by atoms with van der Waals surface area (Å²) >= 11 is 0. The quantitative estimate of drug-likeness (QED) is 0.517. The fourth-order valence-electron chi connectivity index (χ4n) is 2.24. The largest absolute Gasteiger partial charge is 0.396 e. The highest BCUT2D eigenvalue weighted by molar-refractivity contribution is 4.72. The van der Waals surface area contributed by atoms with Gasteiger partial charge >= 0.3 is 0 Å². The van der Waals surface area contributed by atoms with Crippen molar-refractivity contribution in [2.24, 2.45) is 17.7 Å². The van der Waals surface area contributed by atoms with E-state index >= 15 is 0 Å². The summed E-state index contributed by atoms with van der Waals surface area (Å²) in [5.74, 6) is 5.91. The maximum atomic E-state index is 9.17. The highest BCUT2D eigenvalue weighted by Gasteiger charge is 2.21. The van der Waals surface area contributed by atoms with Crippen LogP contribution in [-0.4, -0.2) is 18.3 Å². The van der Waals surface area contributed by atoms with Crippen LogP contribution in [0.25, 0.3) is 0 Å². The Balaban J connectivity index is 2.35. The van der Waals surface area contributed by atoms with Gasteiger partial charge in [0.15, 0.2) is 0 Å². The van der Waals surface area contributed by atoms with Crippen LogP contribution < -0.4 is 5.90 Å². The zero-order valence-electron chi connectivity index (χ0n) is 8.24. The lowest BCUT2D eigenvalue weighted by atomic mass is 9.87. The molecule has 1 rings (SSSR count). The van der Waals surface area contributed by atoms with E-state index in [1.54, 1.807) is 0 Å². The first-order chi connectivity index (χ1) is 6.38. The molecule has 0 spiro atoms. The summed E-state index contributed by atoms with van der Waals surface area (Å²) in [6, 6.07) is 0. The summed E-state index contributed by atoms with van der Waals surface area (Å²) in [6.07, 6.45) is 7.75. The van der Waals surface area contributed by atoms with E-state index in [4.69, 9.17) is 11.0 Å². The molecule has 13 heavy (non-hydrogen) atoms. The molecular weight excluding hydrogens is 166 g/mol. The van der Waals surface area contributed by atoms with Crippen molar-refractivity contribution < 1.29 is 9.94 Å². The SMILES string of the molecule is NOCC(CO)C1CCCCCC1. The van der Waals surface area contributed by atoms with Crippen molar-refractivity contribution in [2.45, 2.75) is 38.5 Å². The van der Waals surface area contributed by atoms with Crippen molar-refractivity contribution in [1.29, 1.82) is 0 Å². The lowest BCUT2D eigenvalue weighted by Crippen LogP contribution is -2.25. The minimum atomic E-state index is 0.210. The Hall–Kier alpha value is -0.120. The fourth-order valence-corrected chi connectivity index (χ4v) is 2.24. The number of aliphatic hydroxyl groups is 1. The van der Waals surface area contributed by atoms with Crippen molar-refractivity contribution in [1.82, 2.24) is 0 Å². The molecule has 1 aliphatic rings. The highest BCUT2D eigenvalue weighted by Crippen LogP contribution is 2.28. The summed E-state index contributed by atoms with van der Waals surface area (Å²) in [5.41, 5.74) is 0. The Morgan fingerprint density at radius 3 is 2.31 bits per heavy atom. The van der Waals surface area contributed by atoms with Crippen LogP contribution in [0.1, 0.15) is 38.5 Å². The molecule has 1 atom stereocenters. The summed E-state index contributed by atoms with van der Waals surface area (Å²) < 4.78 is 0. The molecule has 0 radical (unpaired) electrons. The van der Waals surface area contributed by atoms with Crippen LogP contribution in [0.2, 0.25) is 0 Å². The molecule has 0 saturated heterocycles. The summed E-state index contributed by atoms with van der Waals surface area (Å²) in [5, 5.41) is 9.17. The number of rotatable bonds is 4. The molecule has 1 fully saturated rings. The standard InChI is InChI=1S/C10H21NO2/c11-13-8-10(7-12)9-5-3-1-2-4-6-9/h9-10,12H,1-8,11H2. The van der Waals surface area contributed by atoms with Gasteiger partial charge in [-0.25, -0.2) is 5.90 Å². The lowest BCUT2D eigenvalue weighted by molar-refractivity contribution is 0.0424. The van der Waals surface area contributed by atoms with E-state index in [2.05, 4.69) is 4.84 Å². The van der Waals surface area contributed by atoms with Gasteiger partial charge in [-0.05, 0) is 5.92 Å². The second-order valence-electron chi connectivity index (χ2n) is 4.03. The molecule has 3 N–H and O–H groups in total. The molecule has 0 bridgehead atoms. The molecule has 3 nitrogen and oxygen atoms in total. The van der Waals surface area contributed by atoms with Gasteiger partial charge in [-0.15, -0.1) is 0 Å². The van der Waals surface area contributed by atoms with Gasteiger partial charge in [-0.1, -0.05) is 38.5 Å². The Morgan fingerprint density at radius 2 is 1.85 bits per heavy atom. The Bertz CT molecular complexity index is 122. The average molecular weight is 187 g/mol. The van der Waals surface area contributed by atoms with Crippen LogP contribution in [0, 0.1) is 11.8 Å². The zero-order valence-corrected chi connectivity index (χ0v) is 8.24. The number of hydrogen-bond donors (Lipinski definition) is 2. The third-order valence-electron chi connectivity index (χ3n) is 3.11. The summed E-state index contributed by atoms with van der Waals surface area (Å²) in [6.45, 7) is 0.711. The summed E-state index contributed by atoms with van der Waals surface area (Å²) in [4.78, 5) is 4.63. The van der Waals surface area contributed by atoms with Gasteiger partial charge < -0.3 is 9.94 Å². The molecule has 3 heteroatoms. The monoisotopic (exact) mass is 187 g/mol. The smallest absolute Gasteiger partial charge is 0.0731 e. The van der Waals surface area contributed by atoms with Crippen LogP contribution in [0.15, 0.2) is 0 Å². The van der Waals surface area contributed by atoms with Crippen LogP contribution in [0.3, 0.4) is 0 Å². The topological polar surface area (TPSA) is 55.5 Å². The average Bonchev–Trinajstić information content (AvgIpc) is 2.42. The Morgan fingerprint density at radius 1 is 1.23 bits per heavy atom. The molecule has 0 heterocycles. The van der Waals surface area contributed by atoms with Crippen molar-refractivity contribution >= 4 is 0 Å². The van der Waals surface area contributed by atoms with Crippen molar-refractivity contribution in [3.05, 3.63) is 0 Å². The van der Waals surface area contributed by atoms with Gasteiger partial charge in [-0.2, -0.15) is 0 Å². The maximum absolute atomic E-state index is 9.17. The minimum absolute atomic E-state index is 0.210. The van der Waals surface area contributed by atoms with E-state index in [9.17, 15) is 0 Å². The van der Waals surface area contributed by atoms with E-state index in [-0.39, 0.29) is 12.5 Å². The third-order valence-corrected chi connectivity index (χ3v) is 3.11. The molecule has 1 aliphatic carbocycles.